The van der Waals surface area contributed by atoms with E-state index in [1.807, 2.05) is 31.2 Å². The van der Waals surface area contributed by atoms with E-state index in [0.29, 0.717) is 19.7 Å². The van der Waals surface area contributed by atoms with Crippen LogP contribution in [0.15, 0.2) is 24.3 Å². The third-order valence-electron chi connectivity index (χ3n) is 4.22. The Bertz CT molecular complexity index is 559. The fraction of sp³-hybridized carbons (Fsp3) is 0.579. The fourth-order valence-corrected chi connectivity index (χ4v) is 2.81. The lowest BCUT2D eigenvalue weighted by atomic mass is 10.1. The Morgan fingerprint density at radius 1 is 1.33 bits per heavy atom. The van der Waals surface area contributed by atoms with Gasteiger partial charge in [-0.15, -0.1) is 0 Å². The van der Waals surface area contributed by atoms with Crippen LogP contribution in [0, 0.1) is 12.8 Å². The van der Waals surface area contributed by atoms with E-state index in [1.54, 1.807) is 4.90 Å². The number of ether oxygens (including phenoxy) is 1. The van der Waals surface area contributed by atoms with Gasteiger partial charge in [0.15, 0.2) is 0 Å². The molecule has 1 aromatic carbocycles. The molecule has 1 aliphatic rings. The zero-order valence-corrected chi connectivity index (χ0v) is 14.7. The first kappa shape index (κ1) is 18.5. The van der Waals surface area contributed by atoms with Crippen LogP contribution in [0.3, 0.4) is 0 Å². The van der Waals surface area contributed by atoms with Crippen molar-refractivity contribution in [3.8, 4) is 0 Å². The third kappa shape index (κ3) is 5.34. The van der Waals surface area contributed by atoms with Gasteiger partial charge in [-0.2, -0.15) is 0 Å². The Morgan fingerprint density at radius 2 is 2.12 bits per heavy atom. The maximum Gasteiger partial charge on any atom is 0.227 e. The van der Waals surface area contributed by atoms with Crippen molar-refractivity contribution in [1.82, 2.24) is 5.32 Å². The minimum absolute atomic E-state index is 0.0173. The summed E-state index contributed by atoms with van der Waals surface area (Å²) in [5.41, 5.74) is 1.98. The minimum atomic E-state index is -0.265. The Balaban J connectivity index is 1.73. The Hall–Kier alpha value is -1.88. The molecule has 2 amide bonds. The number of anilines is 1. The Kier molecular flexibility index (Phi) is 7.25. The van der Waals surface area contributed by atoms with E-state index in [4.69, 9.17) is 4.74 Å². The first-order valence-electron chi connectivity index (χ1n) is 8.84. The van der Waals surface area contributed by atoms with Gasteiger partial charge in [0.05, 0.1) is 5.92 Å². The lowest BCUT2D eigenvalue weighted by Gasteiger charge is -2.17. The molecule has 1 saturated heterocycles. The minimum Gasteiger partial charge on any atom is -0.381 e. The predicted molar refractivity (Wildman–Crippen MR) is 95.0 cm³/mol. The lowest BCUT2D eigenvalue weighted by Crippen LogP contribution is -2.33. The maximum atomic E-state index is 12.2. The van der Waals surface area contributed by atoms with Crippen LogP contribution in [0.25, 0.3) is 0 Å². The fourth-order valence-electron chi connectivity index (χ4n) is 2.81. The quantitative estimate of drug-likeness (QED) is 0.707. The van der Waals surface area contributed by atoms with Crippen LogP contribution in [-0.2, 0) is 14.3 Å². The second-order valence-electron chi connectivity index (χ2n) is 6.35. The zero-order chi connectivity index (χ0) is 17.4. The summed E-state index contributed by atoms with van der Waals surface area (Å²) in [5, 5.41) is 2.92. The number of nitrogens with zero attached hydrogens (tertiary/aromatic N) is 1. The molecule has 0 spiro atoms. The summed E-state index contributed by atoms with van der Waals surface area (Å²) >= 11 is 0. The normalized spacial score (nSPS) is 17.3. The smallest absolute Gasteiger partial charge is 0.227 e. The van der Waals surface area contributed by atoms with Crippen LogP contribution in [0.1, 0.15) is 38.2 Å². The molecule has 0 aliphatic carbocycles. The molecule has 0 radical (unpaired) electrons. The summed E-state index contributed by atoms with van der Waals surface area (Å²) < 4.78 is 5.47. The molecule has 132 valence electrons. The van der Waals surface area contributed by atoms with Crippen molar-refractivity contribution < 1.29 is 14.3 Å². The number of hydrogen-bond donors (Lipinski definition) is 1. The van der Waals surface area contributed by atoms with E-state index in [-0.39, 0.29) is 24.2 Å². The van der Waals surface area contributed by atoms with Gasteiger partial charge in [0.2, 0.25) is 11.8 Å². The number of nitrogens with one attached hydrogen (secondary N) is 1. The topological polar surface area (TPSA) is 58.6 Å². The highest BCUT2D eigenvalue weighted by molar-refractivity contribution is 6.00. The summed E-state index contributed by atoms with van der Waals surface area (Å²) in [7, 11) is 0. The average Bonchev–Trinajstić information content (AvgIpc) is 2.96. The number of rotatable bonds is 9. The van der Waals surface area contributed by atoms with E-state index in [0.717, 1.165) is 37.1 Å². The highest BCUT2D eigenvalue weighted by Gasteiger charge is 2.34. The number of hydrogen-bond acceptors (Lipinski definition) is 3. The van der Waals surface area contributed by atoms with Gasteiger partial charge in [0.25, 0.3) is 0 Å². The summed E-state index contributed by atoms with van der Waals surface area (Å²) in [6.45, 7) is 6.64. The van der Waals surface area contributed by atoms with Crippen LogP contribution in [0.5, 0.6) is 0 Å². The molecule has 1 fully saturated rings. The Morgan fingerprint density at radius 3 is 2.88 bits per heavy atom. The molecule has 1 atom stereocenters. The number of aryl methyl sites for hydroxylation is 1. The first-order chi connectivity index (χ1) is 11.6. The molecule has 0 aromatic heterocycles. The van der Waals surface area contributed by atoms with Crippen LogP contribution < -0.4 is 10.2 Å². The van der Waals surface area contributed by atoms with Gasteiger partial charge >= 0.3 is 0 Å². The number of carbonyl (C=O) groups is 2. The number of unbranched alkanes of at least 4 members (excludes halogenated alkanes) is 1. The molecule has 5 heteroatoms. The van der Waals surface area contributed by atoms with Crippen molar-refractivity contribution in [3.63, 3.8) is 0 Å². The molecule has 2 rings (SSSR count). The highest BCUT2D eigenvalue weighted by atomic mass is 16.5. The molecule has 0 saturated carbocycles. The molecule has 5 nitrogen and oxygen atoms in total. The van der Waals surface area contributed by atoms with E-state index in [2.05, 4.69) is 12.2 Å². The Labute approximate surface area is 144 Å². The largest absolute Gasteiger partial charge is 0.381 e. The molecule has 1 heterocycles. The number of carbonyl (C=O) groups excluding carboxylic acids is 2. The van der Waals surface area contributed by atoms with E-state index in [9.17, 15) is 9.59 Å². The van der Waals surface area contributed by atoms with Crippen molar-refractivity contribution in [2.75, 3.05) is 31.2 Å². The van der Waals surface area contributed by atoms with Crippen molar-refractivity contribution >= 4 is 17.5 Å². The molecule has 1 aliphatic heterocycles. The van der Waals surface area contributed by atoms with Crippen molar-refractivity contribution in [2.45, 2.75) is 39.5 Å². The molecule has 0 bridgehead atoms. The van der Waals surface area contributed by atoms with Crippen LogP contribution in [0.2, 0.25) is 0 Å². The van der Waals surface area contributed by atoms with Gasteiger partial charge in [-0.25, -0.2) is 0 Å². The SMILES string of the molecule is CCCCOCCCNC(=O)C1CC(=O)N(c2cccc(C)c2)C1. The van der Waals surface area contributed by atoms with Gasteiger partial charge in [0, 0.05) is 38.4 Å². The monoisotopic (exact) mass is 332 g/mol. The number of amides is 2. The summed E-state index contributed by atoms with van der Waals surface area (Å²) in [6.07, 6.45) is 3.29. The summed E-state index contributed by atoms with van der Waals surface area (Å²) in [4.78, 5) is 26.2. The van der Waals surface area contributed by atoms with Crippen LogP contribution >= 0.6 is 0 Å². The zero-order valence-electron chi connectivity index (χ0n) is 14.7. The second-order valence-corrected chi connectivity index (χ2v) is 6.35. The molecular weight excluding hydrogens is 304 g/mol. The van der Waals surface area contributed by atoms with Gasteiger partial charge < -0.3 is 15.0 Å². The van der Waals surface area contributed by atoms with Gasteiger partial charge in [-0.3, -0.25) is 9.59 Å². The molecule has 24 heavy (non-hydrogen) atoms. The number of benzene rings is 1. The molecule has 1 unspecified atom stereocenters. The van der Waals surface area contributed by atoms with E-state index < -0.39 is 0 Å². The van der Waals surface area contributed by atoms with Crippen LogP contribution in [0.4, 0.5) is 5.69 Å². The maximum absolute atomic E-state index is 12.2. The molecule has 1 aromatic rings. The average molecular weight is 332 g/mol. The predicted octanol–water partition coefficient (Wildman–Crippen LogP) is 2.67. The van der Waals surface area contributed by atoms with E-state index >= 15 is 0 Å². The van der Waals surface area contributed by atoms with Crippen molar-refractivity contribution in [1.29, 1.82) is 0 Å². The third-order valence-corrected chi connectivity index (χ3v) is 4.22. The van der Waals surface area contributed by atoms with Crippen molar-refractivity contribution in [3.05, 3.63) is 29.8 Å². The molecular formula is C19H28N2O3. The van der Waals surface area contributed by atoms with E-state index in [1.165, 1.54) is 0 Å². The van der Waals surface area contributed by atoms with Gasteiger partial charge in [-0.05, 0) is 37.5 Å². The summed E-state index contributed by atoms with van der Waals surface area (Å²) in [5.74, 6) is -0.283. The van der Waals surface area contributed by atoms with Crippen LogP contribution in [-0.4, -0.2) is 38.1 Å². The molecule has 1 N–H and O–H groups in total. The summed E-state index contributed by atoms with van der Waals surface area (Å²) in [6, 6.07) is 7.82. The second kappa shape index (κ2) is 9.42. The van der Waals surface area contributed by atoms with Crippen molar-refractivity contribution in [2.24, 2.45) is 5.92 Å². The first-order valence-corrected chi connectivity index (χ1v) is 8.84. The van der Waals surface area contributed by atoms with Gasteiger partial charge in [0.1, 0.15) is 0 Å². The standard InChI is InChI=1S/C19H28N2O3/c1-3-4-10-24-11-6-9-20-19(23)16-13-18(22)21(14-16)17-8-5-7-15(2)12-17/h5,7-8,12,16H,3-4,6,9-11,13-14H2,1-2H3,(H,20,23). The lowest BCUT2D eigenvalue weighted by molar-refractivity contribution is -0.126. The highest BCUT2D eigenvalue weighted by Crippen LogP contribution is 2.25. The van der Waals surface area contributed by atoms with Gasteiger partial charge in [-0.1, -0.05) is 25.5 Å².